The molecular formula is C18H8F7N3O3. The Morgan fingerprint density at radius 2 is 1.65 bits per heavy atom. The van der Waals surface area contributed by atoms with E-state index in [1.165, 1.54) is 36.4 Å². The van der Waals surface area contributed by atoms with Gasteiger partial charge >= 0.3 is 6.18 Å². The number of nitrogens with one attached hydrogen (secondary N) is 1. The zero-order chi connectivity index (χ0) is 22.9. The molecule has 0 aliphatic rings. The van der Waals surface area contributed by atoms with Crippen LogP contribution in [0.1, 0.15) is 11.3 Å². The monoisotopic (exact) mass is 447 g/mol. The molecule has 0 aliphatic carbocycles. The van der Waals surface area contributed by atoms with E-state index in [0.29, 0.717) is 5.56 Å². The van der Waals surface area contributed by atoms with Gasteiger partial charge in [-0.3, -0.25) is 15.5 Å². The maximum absolute atomic E-state index is 13.8. The van der Waals surface area contributed by atoms with E-state index in [0.717, 1.165) is 6.21 Å². The highest BCUT2D eigenvalue weighted by Crippen LogP contribution is 2.38. The summed E-state index contributed by atoms with van der Waals surface area (Å²) in [6, 6.07) is 8.08. The number of alkyl halides is 3. The highest BCUT2D eigenvalue weighted by atomic mass is 19.4. The third kappa shape index (κ3) is 4.34. The molecular weight excluding hydrogens is 439 g/mol. The normalized spacial score (nSPS) is 11.8. The highest BCUT2D eigenvalue weighted by Gasteiger charge is 2.42. The molecule has 1 N–H and O–H groups in total. The summed E-state index contributed by atoms with van der Waals surface area (Å²) >= 11 is 0. The van der Waals surface area contributed by atoms with Crippen LogP contribution >= 0.6 is 0 Å². The molecule has 0 unspecified atom stereocenters. The van der Waals surface area contributed by atoms with Crippen LogP contribution in [0.15, 0.2) is 45.9 Å². The fourth-order valence-electron chi connectivity index (χ4n) is 2.49. The first kappa shape index (κ1) is 21.8. The smallest absolute Gasteiger partial charge is 0.422 e. The second-order valence-corrected chi connectivity index (χ2v) is 5.88. The van der Waals surface area contributed by atoms with Crippen LogP contribution in [-0.2, 0) is 6.18 Å². The van der Waals surface area contributed by atoms with Crippen LogP contribution in [-0.4, -0.2) is 11.1 Å². The number of hydrazone groups is 1. The molecule has 0 spiro atoms. The summed E-state index contributed by atoms with van der Waals surface area (Å²) in [6.45, 7) is 0. The molecule has 1 heterocycles. The van der Waals surface area contributed by atoms with Crippen molar-refractivity contribution in [1.82, 2.24) is 0 Å². The fraction of sp³-hybridized carbons (Fsp3) is 0.0556. The van der Waals surface area contributed by atoms with E-state index in [2.05, 4.69) is 5.10 Å². The number of nitro groups is 1. The number of halogens is 7. The molecule has 6 nitrogen and oxygen atoms in total. The van der Waals surface area contributed by atoms with Gasteiger partial charge in [0.05, 0.1) is 11.1 Å². The summed E-state index contributed by atoms with van der Waals surface area (Å²) in [7, 11) is 0. The minimum absolute atomic E-state index is 0.0531. The Balaban J connectivity index is 1.84. The summed E-state index contributed by atoms with van der Waals surface area (Å²) in [4.78, 5) is 10.2. The average Bonchev–Trinajstić information content (AvgIpc) is 3.17. The fourth-order valence-corrected chi connectivity index (χ4v) is 2.49. The second kappa shape index (κ2) is 8.08. The van der Waals surface area contributed by atoms with Crippen molar-refractivity contribution in [3.05, 3.63) is 81.1 Å². The van der Waals surface area contributed by atoms with E-state index >= 15 is 0 Å². The van der Waals surface area contributed by atoms with Crippen molar-refractivity contribution in [2.75, 3.05) is 5.43 Å². The summed E-state index contributed by atoms with van der Waals surface area (Å²) in [5.74, 6) is -9.79. The molecule has 0 bridgehead atoms. The van der Waals surface area contributed by atoms with Crippen molar-refractivity contribution in [2.24, 2.45) is 5.10 Å². The van der Waals surface area contributed by atoms with Crippen LogP contribution in [0.2, 0.25) is 0 Å². The minimum Gasteiger partial charge on any atom is -0.455 e. The summed E-state index contributed by atoms with van der Waals surface area (Å²) in [5.41, 5.74) is -2.58. The molecule has 3 rings (SSSR count). The number of nitro benzene ring substituents is 1. The minimum atomic E-state index is -5.66. The van der Waals surface area contributed by atoms with Gasteiger partial charge in [0.25, 0.3) is 5.69 Å². The molecule has 0 radical (unpaired) electrons. The largest absolute Gasteiger partial charge is 0.455 e. The van der Waals surface area contributed by atoms with Crippen LogP contribution in [0.4, 0.5) is 42.1 Å². The predicted molar refractivity (Wildman–Crippen MR) is 93.3 cm³/mol. The van der Waals surface area contributed by atoms with Crippen molar-refractivity contribution >= 4 is 17.6 Å². The average molecular weight is 447 g/mol. The Bertz CT molecular complexity index is 1160. The SMILES string of the molecule is O=[N+]([O-])c1cccc(-c2ccc(/C=N/Nc3c(F)c(F)c(C(F)(F)F)c(F)c3F)o2)c1. The Morgan fingerprint density at radius 1 is 1.00 bits per heavy atom. The summed E-state index contributed by atoms with van der Waals surface area (Å²) in [5, 5.41) is 14.1. The molecule has 1 aromatic heterocycles. The zero-order valence-corrected chi connectivity index (χ0v) is 14.8. The van der Waals surface area contributed by atoms with Crippen molar-refractivity contribution < 1.29 is 40.1 Å². The molecule has 162 valence electrons. The van der Waals surface area contributed by atoms with Crippen LogP contribution in [0.25, 0.3) is 11.3 Å². The van der Waals surface area contributed by atoms with Gasteiger partial charge in [0, 0.05) is 17.7 Å². The summed E-state index contributed by atoms with van der Waals surface area (Å²) < 4.78 is 97.8. The van der Waals surface area contributed by atoms with Gasteiger partial charge in [-0.15, -0.1) is 0 Å². The zero-order valence-electron chi connectivity index (χ0n) is 14.8. The molecule has 0 atom stereocenters. The first-order chi connectivity index (χ1) is 14.5. The molecule has 0 amide bonds. The lowest BCUT2D eigenvalue weighted by atomic mass is 10.1. The molecule has 0 saturated carbocycles. The van der Waals surface area contributed by atoms with Gasteiger partial charge in [0.1, 0.15) is 22.8 Å². The lowest BCUT2D eigenvalue weighted by Gasteiger charge is -2.13. The van der Waals surface area contributed by atoms with Crippen LogP contribution < -0.4 is 5.43 Å². The first-order valence-corrected chi connectivity index (χ1v) is 8.07. The van der Waals surface area contributed by atoms with Gasteiger partial charge in [0.2, 0.25) is 0 Å². The Kier molecular flexibility index (Phi) is 5.69. The van der Waals surface area contributed by atoms with Gasteiger partial charge < -0.3 is 4.42 Å². The van der Waals surface area contributed by atoms with Crippen LogP contribution in [0, 0.1) is 33.4 Å². The Morgan fingerprint density at radius 3 is 2.23 bits per heavy atom. The number of anilines is 1. The number of furan rings is 1. The third-order valence-corrected chi connectivity index (χ3v) is 3.88. The number of benzene rings is 2. The predicted octanol–water partition coefficient (Wildman–Crippen LogP) is 5.88. The topological polar surface area (TPSA) is 80.7 Å². The Hall–Kier alpha value is -3.90. The first-order valence-electron chi connectivity index (χ1n) is 8.07. The number of hydrogen-bond acceptors (Lipinski definition) is 5. The quantitative estimate of drug-likeness (QED) is 0.174. The van der Waals surface area contributed by atoms with Crippen molar-refractivity contribution in [2.45, 2.75) is 6.18 Å². The summed E-state index contributed by atoms with van der Waals surface area (Å²) in [6.07, 6.45) is -4.85. The highest BCUT2D eigenvalue weighted by molar-refractivity contribution is 5.78. The van der Waals surface area contributed by atoms with Gasteiger partial charge in [-0.2, -0.15) is 18.3 Å². The molecule has 0 fully saturated rings. The van der Waals surface area contributed by atoms with E-state index in [-0.39, 0.29) is 17.2 Å². The van der Waals surface area contributed by atoms with Crippen LogP contribution in [0.3, 0.4) is 0 Å². The lowest BCUT2D eigenvalue weighted by Crippen LogP contribution is -2.16. The van der Waals surface area contributed by atoms with E-state index in [9.17, 15) is 40.8 Å². The van der Waals surface area contributed by atoms with Gasteiger partial charge in [-0.05, 0) is 12.1 Å². The Labute approximate surface area is 167 Å². The van der Waals surface area contributed by atoms with E-state index in [4.69, 9.17) is 4.42 Å². The van der Waals surface area contributed by atoms with E-state index < -0.39 is 45.6 Å². The molecule has 0 aliphatic heterocycles. The van der Waals surface area contributed by atoms with E-state index in [1.807, 2.05) is 0 Å². The lowest BCUT2D eigenvalue weighted by molar-refractivity contribution is -0.384. The van der Waals surface area contributed by atoms with Crippen LogP contribution in [0.5, 0.6) is 0 Å². The molecule has 13 heteroatoms. The number of nitrogens with zero attached hydrogens (tertiary/aromatic N) is 2. The molecule has 0 saturated heterocycles. The van der Waals surface area contributed by atoms with Crippen molar-refractivity contribution in [3.63, 3.8) is 0 Å². The van der Waals surface area contributed by atoms with Crippen molar-refractivity contribution in [1.29, 1.82) is 0 Å². The van der Waals surface area contributed by atoms with E-state index in [1.54, 1.807) is 5.43 Å². The van der Waals surface area contributed by atoms with Gasteiger partial charge in [-0.25, -0.2) is 17.6 Å². The van der Waals surface area contributed by atoms with Gasteiger partial charge in [0.15, 0.2) is 23.3 Å². The number of hydrogen-bond donors (Lipinski definition) is 1. The third-order valence-electron chi connectivity index (χ3n) is 3.88. The maximum Gasteiger partial charge on any atom is 0.422 e. The molecule has 31 heavy (non-hydrogen) atoms. The van der Waals surface area contributed by atoms with Crippen molar-refractivity contribution in [3.8, 4) is 11.3 Å². The molecule has 3 aromatic rings. The second-order valence-electron chi connectivity index (χ2n) is 5.88. The standard InChI is InChI=1S/C18H8F7N3O3/c19-13-12(18(23,24)25)14(20)16(22)17(15(13)21)27-26-7-10-4-5-11(31-10)8-2-1-3-9(6-8)28(29)30/h1-7,27H/b26-7+. The maximum atomic E-state index is 13.8. The number of non-ortho nitro benzene ring substituents is 1. The molecule has 2 aromatic carbocycles. The number of rotatable bonds is 5. The van der Waals surface area contributed by atoms with Gasteiger partial charge in [-0.1, -0.05) is 12.1 Å².